The second-order valence-electron chi connectivity index (χ2n) is 10.2. The fraction of sp³-hybridized carbons (Fsp3) is 0.519. The molecular formula is C27H33ClF2N2O2. The first-order valence-electron chi connectivity index (χ1n) is 12.0. The fourth-order valence-corrected chi connectivity index (χ4v) is 5.90. The van der Waals surface area contributed by atoms with E-state index in [0.29, 0.717) is 36.6 Å². The van der Waals surface area contributed by atoms with E-state index >= 15 is 0 Å². The first-order valence-corrected chi connectivity index (χ1v) is 12.4. The minimum absolute atomic E-state index is 0.0613. The highest BCUT2D eigenvalue weighted by Gasteiger charge is 2.51. The molecule has 1 amide bonds. The summed E-state index contributed by atoms with van der Waals surface area (Å²) in [6.45, 7) is 9.52. The SMILES string of the molecule is CC(C)N1C[C@@H](C(=O)N2CC[C@H](C)[C@@](O)(c3ccc(Cl)cc3)[C@@H]2C)[C@H](c2ccc(F)cc2F)C1. The van der Waals surface area contributed by atoms with Crippen LogP contribution in [0, 0.1) is 23.5 Å². The van der Waals surface area contributed by atoms with Gasteiger partial charge in [0.2, 0.25) is 5.91 Å². The van der Waals surface area contributed by atoms with Gasteiger partial charge in [0, 0.05) is 42.7 Å². The summed E-state index contributed by atoms with van der Waals surface area (Å²) in [5.74, 6) is -2.27. The van der Waals surface area contributed by atoms with Gasteiger partial charge in [-0.25, -0.2) is 8.78 Å². The Labute approximate surface area is 205 Å². The van der Waals surface area contributed by atoms with Gasteiger partial charge in [-0.05, 0) is 62.4 Å². The van der Waals surface area contributed by atoms with Crippen molar-refractivity contribution in [1.29, 1.82) is 0 Å². The minimum Gasteiger partial charge on any atom is -0.383 e. The lowest BCUT2D eigenvalue weighted by Crippen LogP contribution is -2.60. The van der Waals surface area contributed by atoms with Crippen LogP contribution in [-0.4, -0.2) is 52.5 Å². The third kappa shape index (κ3) is 4.36. The highest BCUT2D eigenvalue weighted by molar-refractivity contribution is 6.30. The topological polar surface area (TPSA) is 43.8 Å². The van der Waals surface area contributed by atoms with Gasteiger partial charge in [-0.2, -0.15) is 0 Å². The third-order valence-corrected chi connectivity index (χ3v) is 8.26. The molecule has 34 heavy (non-hydrogen) atoms. The third-order valence-electron chi connectivity index (χ3n) is 8.01. The molecule has 4 rings (SSSR count). The van der Waals surface area contributed by atoms with Crippen molar-refractivity contribution in [1.82, 2.24) is 9.80 Å². The number of piperidine rings is 1. The Bertz CT molecular complexity index is 1050. The maximum atomic E-state index is 14.8. The summed E-state index contributed by atoms with van der Waals surface area (Å²) >= 11 is 6.07. The van der Waals surface area contributed by atoms with E-state index in [1.807, 2.05) is 26.0 Å². The molecule has 184 valence electrons. The van der Waals surface area contributed by atoms with Crippen molar-refractivity contribution < 1.29 is 18.7 Å². The van der Waals surface area contributed by atoms with Gasteiger partial charge in [-0.1, -0.05) is 36.7 Å². The number of benzene rings is 2. The Hall–Kier alpha value is -2.02. The van der Waals surface area contributed by atoms with E-state index in [-0.39, 0.29) is 23.8 Å². The Morgan fingerprint density at radius 1 is 1.12 bits per heavy atom. The first kappa shape index (κ1) is 25.1. The van der Waals surface area contributed by atoms with Gasteiger partial charge in [0.15, 0.2) is 0 Å². The lowest BCUT2D eigenvalue weighted by Gasteiger charge is -2.50. The summed E-state index contributed by atoms with van der Waals surface area (Å²) in [5, 5.41) is 12.5. The normalized spacial score (nSPS) is 30.2. The van der Waals surface area contributed by atoms with Crippen molar-refractivity contribution >= 4 is 17.5 Å². The number of hydrogen-bond donors (Lipinski definition) is 1. The quantitative estimate of drug-likeness (QED) is 0.641. The van der Waals surface area contributed by atoms with E-state index in [0.717, 1.165) is 11.6 Å². The molecule has 2 aromatic rings. The number of halogens is 3. The van der Waals surface area contributed by atoms with Gasteiger partial charge in [-0.15, -0.1) is 0 Å². The van der Waals surface area contributed by atoms with Crippen LogP contribution >= 0.6 is 11.6 Å². The molecule has 1 N–H and O–H groups in total. The van der Waals surface area contributed by atoms with Crippen LogP contribution in [0.15, 0.2) is 42.5 Å². The zero-order chi connectivity index (χ0) is 24.8. The highest BCUT2D eigenvalue weighted by atomic mass is 35.5. The number of amides is 1. The largest absolute Gasteiger partial charge is 0.383 e. The van der Waals surface area contributed by atoms with Crippen LogP contribution in [0.5, 0.6) is 0 Å². The maximum Gasteiger partial charge on any atom is 0.228 e. The molecule has 5 atom stereocenters. The molecule has 2 fully saturated rings. The maximum absolute atomic E-state index is 14.8. The molecule has 7 heteroatoms. The molecule has 0 spiro atoms. The Morgan fingerprint density at radius 2 is 1.79 bits per heavy atom. The van der Waals surface area contributed by atoms with Gasteiger partial charge < -0.3 is 10.0 Å². The number of hydrogen-bond acceptors (Lipinski definition) is 3. The second kappa shape index (κ2) is 9.56. The van der Waals surface area contributed by atoms with Gasteiger partial charge in [0.25, 0.3) is 0 Å². The highest BCUT2D eigenvalue weighted by Crippen LogP contribution is 2.44. The van der Waals surface area contributed by atoms with Crippen molar-refractivity contribution in [3.05, 3.63) is 70.2 Å². The molecule has 2 aromatic carbocycles. The summed E-state index contributed by atoms with van der Waals surface area (Å²) in [6, 6.07) is 10.4. The molecule has 0 aliphatic carbocycles. The van der Waals surface area contributed by atoms with Crippen LogP contribution in [0.2, 0.25) is 5.02 Å². The lowest BCUT2D eigenvalue weighted by atomic mass is 9.72. The molecule has 2 aliphatic heterocycles. The molecule has 0 radical (unpaired) electrons. The van der Waals surface area contributed by atoms with Gasteiger partial charge in [0.1, 0.15) is 17.2 Å². The van der Waals surface area contributed by atoms with E-state index in [1.165, 1.54) is 12.1 Å². The molecule has 0 saturated carbocycles. The fourth-order valence-electron chi connectivity index (χ4n) is 5.78. The van der Waals surface area contributed by atoms with Crippen LogP contribution in [0.4, 0.5) is 8.78 Å². The van der Waals surface area contributed by atoms with E-state index < -0.39 is 29.2 Å². The molecule has 2 saturated heterocycles. The number of carbonyl (C=O) groups is 1. The Balaban J connectivity index is 1.67. The summed E-state index contributed by atoms with van der Waals surface area (Å²) in [7, 11) is 0. The zero-order valence-corrected chi connectivity index (χ0v) is 20.9. The van der Waals surface area contributed by atoms with Crippen molar-refractivity contribution in [2.45, 2.75) is 57.7 Å². The summed E-state index contributed by atoms with van der Waals surface area (Å²) in [5.41, 5.74) is -0.134. The summed E-state index contributed by atoms with van der Waals surface area (Å²) in [6.07, 6.45) is 0.644. The van der Waals surface area contributed by atoms with Crippen LogP contribution in [0.3, 0.4) is 0 Å². The predicted molar refractivity (Wildman–Crippen MR) is 130 cm³/mol. The van der Waals surface area contributed by atoms with Gasteiger partial charge in [-0.3, -0.25) is 9.69 Å². The van der Waals surface area contributed by atoms with Crippen molar-refractivity contribution in [3.8, 4) is 0 Å². The van der Waals surface area contributed by atoms with E-state index in [9.17, 15) is 18.7 Å². The number of rotatable bonds is 4. The van der Waals surface area contributed by atoms with Gasteiger partial charge in [0.05, 0.1) is 12.0 Å². The zero-order valence-electron chi connectivity index (χ0n) is 20.1. The average molecular weight is 491 g/mol. The smallest absolute Gasteiger partial charge is 0.228 e. The lowest BCUT2D eigenvalue weighted by molar-refractivity contribution is -0.159. The van der Waals surface area contributed by atoms with E-state index in [4.69, 9.17) is 11.6 Å². The van der Waals surface area contributed by atoms with Crippen molar-refractivity contribution in [2.24, 2.45) is 11.8 Å². The number of aliphatic hydroxyl groups is 1. The van der Waals surface area contributed by atoms with Crippen molar-refractivity contribution in [3.63, 3.8) is 0 Å². The molecule has 0 unspecified atom stereocenters. The molecule has 4 nitrogen and oxygen atoms in total. The molecule has 0 aromatic heterocycles. The number of carbonyl (C=O) groups excluding carboxylic acids is 1. The van der Waals surface area contributed by atoms with Crippen LogP contribution in [-0.2, 0) is 10.4 Å². The summed E-state index contributed by atoms with van der Waals surface area (Å²) in [4.78, 5) is 17.9. The molecule has 2 aliphatic rings. The van der Waals surface area contributed by atoms with Crippen LogP contribution in [0.25, 0.3) is 0 Å². The molecule has 0 bridgehead atoms. The number of likely N-dealkylation sites (tertiary alicyclic amines) is 2. The van der Waals surface area contributed by atoms with Crippen LogP contribution in [0.1, 0.15) is 51.2 Å². The van der Waals surface area contributed by atoms with Gasteiger partial charge >= 0.3 is 0 Å². The second-order valence-corrected chi connectivity index (χ2v) is 10.6. The Kier molecular flexibility index (Phi) is 7.05. The minimum atomic E-state index is -1.23. The van der Waals surface area contributed by atoms with Crippen LogP contribution < -0.4 is 0 Å². The number of nitrogens with zero attached hydrogens (tertiary/aromatic N) is 2. The average Bonchev–Trinajstić information content (AvgIpc) is 3.23. The molecular weight excluding hydrogens is 458 g/mol. The van der Waals surface area contributed by atoms with Crippen molar-refractivity contribution in [2.75, 3.05) is 19.6 Å². The van der Waals surface area contributed by atoms with E-state index in [2.05, 4.69) is 18.7 Å². The standard InChI is InChI=1S/C27H33ClF2N2O2/c1-16(2)31-14-23(22-10-9-21(29)13-25(22)30)24(15-31)26(33)32-12-11-17(3)27(34,18(32)4)19-5-7-20(28)8-6-19/h5-10,13,16-18,23-24,34H,11-12,14-15H2,1-4H3/t17-,18-,23-,24+,27-/m0/s1. The first-order chi connectivity index (χ1) is 16.0. The van der Waals surface area contributed by atoms with E-state index in [1.54, 1.807) is 17.0 Å². The molecule has 2 heterocycles. The summed E-state index contributed by atoms with van der Waals surface area (Å²) < 4.78 is 28.4. The Morgan fingerprint density at radius 3 is 2.41 bits per heavy atom. The predicted octanol–water partition coefficient (Wildman–Crippen LogP) is 5.19. The monoisotopic (exact) mass is 490 g/mol.